The van der Waals surface area contributed by atoms with Gasteiger partial charge in [-0.25, -0.2) is 4.79 Å². The van der Waals surface area contributed by atoms with Crippen LogP contribution in [-0.2, 0) is 4.79 Å². The van der Waals surface area contributed by atoms with E-state index < -0.39 is 0 Å². The Kier molecular flexibility index (Phi) is 11.9. The van der Waals surface area contributed by atoms with Crippen molar-refractivity contribution in [3.63, 3.8) is 0 Å². The lowest BCUT2D eigenvalue weighted by Gasteiger charge is -2.31. The normalized spacial score (nSPS) is 16.4. The van der Waals surface area contributed by atoms with Gasteiger partial charge in [-0.3, -0.25) is 9.69 Å². The summed E-state index contributed by atoms with van der Waals surface area (Å²) in [5.41, 5.74) is 10.9. The van der Waals surface area contributed by atoms with Gasteiger partial charge in [0.05, 0.1) is 5.92 Å². The van der Waals surface area contributed by atoms with E-state index in [2.05, 4.69) is 43.2 Å². The van der Waals surface area contributed by atoms with Crippen molar-refractivity contribution in [2.24, 2.45) is 17.6 Å². The molecule has 174 valence electrons. The van der Waals surface area contributed by atoms with Crippen LogP contribution in [0.3, 0.4) is 0 Å². The molecule has 1 rings (SSSR count). The summed E-state index contributed by atoms with van der Waals surface area (Å²) < 4.78 is 0. The Hall–Kier alpha value is -2.34. The molecule has 0 aromatic carbocycles. The monoisotopic (exact) mass is 430 g/mol. The van der Waals surface area contributed by atoms with E-state index in [1.54, 1.807) is 13.1 Å². The quantitative estimate of drug-likeness (QED) is 0.319. The average molecular weight is 431 g/mol. The molecule has 31 heavy (non-hydrogen) atoms. The molecule has 0 radical (unpaired) electrons. The number of nitrogens with one attached hydrogen (secondary N) is 2. The van der Waals surface area contributed by atoms with E-state index in [0.717, 1.165) is 37.0 Å². The second-order valence-electron chi connectivity index (χ2n) is 8.17. The van der Waals surface area contributed by atoms with Crippen molar-refractivity contribution in [3.05, 3.63) is 47.2 Å². The number of carbonyl (C=O) groups excluding carboxylic acids is 2. The minimum absolute atomic E-state index is 0.159. The number of rotatable bonds is 12. The van der Waals surface area contributed by atoms with Crippen molar-refractivity contribution >= 4 is 11.9 Å². The number of imide groups is 1. The molecule has 1 aliphatic carbocycles. The van der Waals surface area contributed by atoms with Crippen LogP contribution in [0.4, 0.5) is 4.79 Å². The molecule has 0 heterocycles. The molecule has 2 unspecified atom stereocenters. The number of amides is 3. The Labute approximate surface area is 188 Å². The topological polar surface area (TPSA) is 87.5 Å². The third-order valence-electron chi connectivity index (χ3n) is 5.91. The highest BCUT2D eigenvalue weighted by Gasteiger charge is 2.31. The molecule has 6 heteroatoms. The molecular weight excluding hydrogens is 388 g/mol. The van der Waals surface area contributed by atoms with E-state index in [9.17, 15) is 9.59 Å². The summed E-state index contributed by atoms with van der Waals surface area (Å²) in [5.74, 6) is -0.229. The number of allylic oxidation sites excluding steroid dienone is 4. The molecule has 0 aliphatic heterocycles. The molecule has 0 aromatic rings. The van der Waals surface area contributed by atoms with Gasteiger partial charge in [-0.2, -0.15) is 0 Å². The molecule has 0 saturated carbocycles. The van der Waals surface area contributed by atoms with Crippen molar-refractivity contribution in [1.82, 2.24) is 15.5 Å². The summed E-state index contributed by atoms with van der Waals surface area (Å²) in [6.45, 7) is 13.5. The Balaban J connectivity index is 3.27. The molecule has 0 fully saturated rings. The van der Waals surface area contributed by atoms with Gasteiger partial charge in [0.15, 0.2) is 0 Å². The van der Waals surface area contributed by atoms with E-state index in [1.807, 2.05) is 13.8 Å². The summed E-state index contributed by atoms with van der Waals surface area (Å²) in [5, 5.41) is 6.00. The van der Waals surface area contributed by atoms with Gasteiger partial charge in [0, 0.05) is 32.4 Å². The Morgan fingerprint density at radius 2 is 2.06 bits per heavy atom. The maximum absolute atomic E-state index is 13.2. The van der Waals surface area contributed by atoms with E-state index in [0.29, 0.717) is 26.1 Å². The first-order valence-corrected chi connectivity index (χ1v) is 11.5. The fraction of sp³-hybridized carbons (Fsp3) is 0.600. The van der Waals surface area contributed by atoms with Gasteiger partial charge in [0.1, 0.15) is 0 Å². The molecule has 4 N–H and O–H groups in total. The van der Waals surface area contributed by atoms with E-state index in [-0.39, 0.29) is 23.8 Å². The molecular formula is C25H42N4O2. The molecule has 0 bridgehead atoms. The summed E-state index contributed by atoms with van der Waals surface area (Å²) >= 11 is 0. The van der Waals surface area contributed by atoms with Crippen LogP contribution in [0.15, 0.2) is 47.2 Å². The highest BCUT2D eigenvalue weighted by Crippen LogP contribution is 2.37. The summed E-state index contributed by atoms with van der Waals surface area (Å²) in [4.78, 5) is 26.7. The SMILES string of the molecule is C=CCNCC(CC(CCC)C1=C(/C(C)=C\C)C(N)=CCC1)C(=O)N(C)C(=O)NCC. The Bertz CT molecular complexity index is 715. The third-order valence-corrected chi connectivity index (χ3v) is 5.91. The fourth-order valence-electron chi connectivity index (χ4n) is 4.23. The summed E-state index contributed by atoms with van der Waals surface area (Å²) in [6, 6.07) is -0.359. The van der Waals surface area contributed by atoms with Gasteiger partial charge in [0.25, 0.3) is 0 Å². The molecule has 6 nitrogen and oxygen atoms in total. The first kappa shape index (κ1) is 26.7. The first-order chi connectivity index (χ1) is 14.8. The highest BCUT2D eigenvalue weighted by molar-refractivity contribution is 5.95. The lowest BCUT2D eigenvalue weighted by Crippen LogP contribution is -2.46. The van der Waals surface area contributed by atoms with E-state index in [1.165, 1.54) is 16.0 Å². The van der Waals surface area contributed by atoms with Crippen LogP contribution in [-0.4, -0.2) is 43.5 Å². The Morgan fingerprint density at radius 3 is 2.65 bits per heavy atom. The molecule has 1 aliphatic rings. The average Bonchev–Trinajstić information content (AvgIpc) is 2.76. The van der Waals surface area contributed by atoms with Crippen LogP contribution in [0.25, 0.3) is 0 Å². The fourth-order valence-corrected chi connectivity index (χ4v) is 4.23. The highest BCUT2D eigenvalue weighted by atomic mass is 16.2. The Morgan fingerprint density at radius 1 is 1.35 bits per heavy atom. The van der Waals surface area contributed by atoms with Crippen molar-refractivity contribution in [3.8, 4) is 0 Å². The van der Waals surface area contributed by atoms with E-state index >= 15 is 0 Å². The van der Waals surface area contributed by atoms with Gasteiger partial charge in [-0.15, -0.1) is 6.58 Å². The lowest BCUT2D eigenvalue weighted by atomic mass is 9.77. The lowest BCUT2D eigenvalue weighted by molar-refractivity contribution is -0.131. The number of carbonyl (C=O) groups is 2. The predicted molar refractivity (Wildman–Crippen MR) is 129 cm³/mol. The maximum atomic E-state index is 13.2. The molecule has 2 atom stereocenters. The second-order valence-corrected chi connectivity index (χ2v) is 8.17. The zero-order chi connectivity index (χ0) is 23.4. The van der Waals surface area contributed by atoms with Crippen LogP contribution >= 0.6 is 0 Å². The van der Waals surface area contributed by atoms with Crippen LogP contribution in [0.2, 0.25) is 0 Å². The summed E-state index contributed by atoms with van der Waals surface area (Å²) in [6.07, 6.45) is 10.6. The molecule has 0 aromatic heterocycles. The van der Waals surface area contributed by atoms with Gasteiger partial charge in [0.2, 0.25) is 5.91 Å². The third kappa shape index (κ3) is 7.69. The number of nitrogens with two attached hydrogens (primary N) is 1. The zero-order valence-corrected chi connectivity index (χ0v) is 20.1. The smallest absolute Gasteiger partial charge is 0.323 e. The molecule has 3 amide bonds. The maximum Gasteiger partial charge on any atom is 0.323 e. The van der Waals surface area contributed by atoms with Crippen LogP contribution in [0.5, 0.6) is 0 Å². The zero-order valence-electron chi connectivity index (χ0n) is 20.1. The van der Waals surface area contributed by atoms with Crippen molar-refractivity contribution < 1.29 is 9.59 Å². The van der Waals surface area contributed by atoms with Crippen molar-refractivity contribution in [1.29, 1.82) is 0 Å². The van der Waals surface area contributed by atoms with Gasteiger partial charge >= 0.3 is 6.03 Å². The second kappa shape index (κ2) is 13.9. The van der Waals surface area contributed by atoms with E-state index in [4.69, 9.17) is 5.73 Å². The minimum Gasteiger partial charge on any atom is -0.398 e. The standard InChI is InChI=1S/C25H42N4O2/c1-7-12-19(21-13-11-14-22(26)23(21)18(5)9-3)16-20(17-27-15-8-2)24(30)29(6)25(31)28-10-4/h8-9,14,19-20,27H,2,7,10-13,15-17,26H2,1,3-6H3,(H,28,31)/b18-9-. The molecule has 0 spiro atoms. The number of nitrogens with zero attached hydrogens (tertiary/aromatic N) is 1. The van der Waals surface area contributed by atoms with Crippen LogP contribution in [0, 0.1) is 11.8 Å². The van der Waals surface area contributed by atoms with Gasteiger partial charge in [-0.1, -0.05) is 37.1 Å². The largest absolute Gasteiger partial charge is 0.398 e. The predicted octanol–water partition coefficient (Wildman–Crippen LogP) is 4.27. The van der Waals surface area contributed by atoms with Gasteiger partial charge < -0.3 is 16.4 Å². The number of hydrogen-bond donors (Lipinski definition) is 3. The molecule has 0 saturated heterocycles. The van der Waals surface area contributed by atoms with Crippen molar-refractivity contribution in [2.75, 3.05) is 26.7 Å². The first-order valence-electron chi connectivity index (χ1n) is 11.5. The van der Waals surface area contributed by atoms with Crippen LogP contribution in [0.1, 0.15) is 59.8 Å². The van der Waals surface area contributed by atoms with Crippen molar-refractivity contribution in [2.45, 2.75) is 59.8 Å². The van der Waals surface area contributed by atoms with Crippen LogP contribution < -0.4 is 16.4 Å². The number of urea groups is 1. The van der Waals surface area contributed by atoms with Gasteiger partial charge in [-0.05, 0) is 63.5 Å². The number of hydrogen-bond acceptors (Lipinski definition) is 4. The minimum atomic E-state index is -0.359. The summed E-state index contributed by atoms with van der Waals surface area (Å²) in [7, 11) is 1.55.